The lowest BCUT2D eigenvalue weighted by Gasteiger charge is -2.26. The van der Waals surface area contributed by atoms with E-state index in [0.717, 1.165) is 23.8 Å². The van der Waals surface area contributed by atoms with Gasteiger partial charge in [-0.15, -0.1) is 11.8 Å². The summed E-state index contributed by atoms with van der Waals surface area (Å²) < 4.78 is 39.8. The molecule has 1 atom stereocenters. The number of hydrogen-bond donors (Lipinski definition) is 1. The Labute approximate surface area is 125 Å². The first-order chi connectivity index (χ1) is 10.1. The van der Waals surface area contributed by atoms with Crippen molar-refractivity contribution in [2.45, 2.75) is 23.9 Å². The minimum Gasteiger partial charge on any atom is -0.306 e. The summed E-state index contributed by atoms with van der Waals surface area (Å²) in [6, 6.07) is 8.96. The minimum absolute atomic E-state index is 0.0325. The summed E-state index contributed by atoms with van der Waals surface area (Å²) in [6.07, 6.45) is 0.880. The van der Waals surface area contributed by atoms with Gasteiger partial charge in [0.25, 0.3) is 0 Å². The van der Waals surface area contributed by atoms with Crippen molar-refractivity contribution in [2.24, 2.45) is 0 Å². The molecule has 0 amide bonds. The number of rotatable bonds is 3. The summed E-state index contributed by atoms with van der Waals surface area (Å²) in [5, 5.41) is 3.30. The second-order valence-corrected chi connectivity index (χ2v) is 6.08. The molecular weight excluding hydrogens is 295 g/mol. The van der Waals surface area contributed by atoms with Crippen molar-refractivity contribution in [3.05, 3.63) is 65.0 Å². The first kappa shape index (κ1) is 14.5. The van der Waals surface area contributed by atoms with Crippen LogP contribution in [0.25, 0.3) is 0 Å². The maximum Gasteiger partial charge on any atom is 0.159 e. The topological polar surface area (TPSA) is 12.0 Å². The molecule has 0 radical (unpaired) electrons. The molecule has 0 aromatic heterocycles. The lowest BCUT2D eigenvalue weighted by Crippen LogP contribution is -2.24. The molecule has 2 aromatic rings. The zero-order valence-corrected chi connectivity index (χ0v) is 12.0. The number of nitrogens with one attached hydrogen (secondary N) is 1. The van der Waals surface area contributed by atoms with Crippen LogP contribution in [0.4, 0.5) is 13.2 Å². The summed E-state index contributed by atoms with van der Waals surface area (Å²) in [7, 11) is 0. The largest absolute Gasteiger partial charge is 0.306 e. The molecule has 110 valence electrons. The second-order valence-electron chi connectivity index (χ2n) is 4.98. The van der Waals surface area contributed by atoms with Gasteiger partial charge in [0.1, 0.15) is 5.82 Å². The van der Waals surface area contributed by atoms with E-state index < -0.39 is 11.6 Å². The zero-order valence-electron chi connectivity index (χ0n) is 11.2. The van der Waals surface area contributed by atoms with Crippen LogP contribution in [0.5, 0.6) is 0 Å². The van der Waals surface area contributed by atoms with Gasteiger partial charge < -0.3 is 5.32 Å². The van der Waals surface area contributed by atoms with Gasteiger partial charge >= 0.3 is 0 Å². The van der Waals surface area contributed by atoms with Gasteiger partial charge in [0.05, 0.1) is 0 Å². The fraction of sp³-hybridized carbons (Fsp3) is 0.250. The number of fused-ring (bicyclic) bond motifs is 1. The fourth-order valence-corrected chi connectivity index (χ4v) is 3.63. The molecule has 21 heavy (non-hydrogen) atoms. The molecule has 0 saturated heterocycles. The van der Waals surface area contributed by atoms with Gasteiger partial charge in [-0.25, -0.2) is 13.2 Å². The molecule has 0 saturated carbocycles. The van der Waals surface area contributed by atoms with Gasteiger partial charge in [-0.05, 0) is 41.5 Å². The van der Waals surface area contributed by atoms with Crippen molar-refractivity contribution in [1.29, 1.82) is 0 Å². The van der Waals surface area contributed by atoms with Crippen molar-refractivity contribution in [3.63, 3.8) is 0 Å². The van der Waals surface area contributed by atoms with Gasteiger partial charge in [-0.2, -0.15) is 0 Å². The van der Waals surface area contributed by atoms with Crippen LogP contribution in [0, 0.1) is 17.5 Å². The van der Waals surface area contributed by atoms with E-state index in [2.05, 4.69) is 5.32 Å². The zero-order chi connectivity index (χ0) is 14.8. The molecule has 0 aliphatic carbocycles. The van der Waals surface area contributed by atoms with E-state index in [1.807, 2.05) is 6.07 Å². The molecule has 1 aliphatic heterocycles. The lowest BCUT2D eigenvalue weighted by molar-refractivity contribution is 0.488. The van der Waals surface area contributed by atoms with Gasteiger partial charge in [0.2, 0.25) is 0 Å². The minimum atomic E-state index is -0.847. The molecule has 0 bridgehead atoms. The summed E-state index contributed by atoms with van der Waals surface area (Å²) in [6.45, 7) is 0.419. The number of thioether (sulfide) groups is 1. The maximum atomic E-state index is 13.8. The van der Waals surface area contributed by atoms with Gasteiger partial charge in [-0.3, -0.25) is 0 Å². The van der Waals surface area contributed by atoms with Crippen LogP contribution >= 0.6 is 11.8 Å². The first-order valence-electron chi connectivity index (χ1n) is 6.73. The predicted molar refractivity (Wildman–Crippen MR) is 77.7 cm³/mol. The molecular formula is C16H14F3NS. The van der Waals surface area contributed by atoms with Gasteiger partial charge in [0.15, 0.2) is 11.6 Å². The summed E-state index contributed by atoms with van der Waals surface area (Å²) in [4.78, 5) is 0.687. The van der Waals surface area contributed by atoms with Crippen molar-refractivity contribution in [2.75, 3.05) is 5.75 Å². The first-order valence-corrected chi connectivity index (χ1v) is 7.72. The third kappa shape index (κ3) is 3.09. The van der Waals surface area contributed by atoms with Crippen molar-refractivity contribution in [1.82, 2.24) is 5.32 Å². The second kappa shape index (κ2) is 6.12. The Morgan fingerprint density at radius 2 is 1.90 bits per heavy atom. The van der Waals surface area contributed by atoms with E-state index in [1.54, 1.807) is 12.1 Å². The molecule has 1 heterocycles. The third-order valence-electron chi connectivity index (χ3n) is 3.56. The highest BCUT2D eigenvalue weighted by Gasteiger charge is 2.22. The van der Waals surface area contributed by atoms with Crippen LogP contribution in [0.3, 0.4) is 0 Å². The van der Waals surface area contributed by atoms with E-state index in [-0.39, 0.29) is 11.9 Å². The Bertz CT molecular complexity index is 660. The molecule has 0 spiro atoms. The number of benzene rings is 2. The quantitative estimate of drug-likeness (QED) is 0.900. The molecule has 3 rings (SSSR count). The highest BCUT2D eigenvalue weighted by atomic mass is 32.2. The Morgan fingerprint density at radius 3 is 2.71 bits per heavy atom. The van der Waals surface area contributed by atoms with E-state index in [9.17, 15) is 13.2 Å². The fourth-order valence-electron chi connectivity index (χ4n) is 2.49. The normalized spacial score (nSPS) is 17.6. The predicted octanol–water partition coefficient (Wildman–Crippen LogP) is 4.43. The van der Waals surface area contributed by atoms with E-state index in [1.165, 1.54) is 23.9 Å². The van der Waals surface area contributed by atoms with Crippen LogP contribution < -0.4 is 5.32 Å². The monoisotopic (exact) mass is 309 g/mol. The molecule has 1 N–H and O–H groups in total. The highest BCUT2D eigenvalue weighted by molar-refractivity contribution is 7.99. The van der Waals surface area contributed by atoms with Crippen LogP contribution in [-0.4, -0.2) is 5.75 Å². The van der Waals surface area contributed by atoms with Gasteiger partial charge in [0, 0.05) is 17.5 Å². The Balaban J connectivity index is 1.75. The standard InChI is InChI=1S/C16H14F3NS/c17-12-5-4-10(8-14(12)19)9-20-15-6-7-21-16-11(15)2-1-3-13(16)18/h1-5,8,15,20H,6-7,9H2. The summed E-state index contributed by atoms with van der Waals surface area (Å²) >= 11 is 1.52. The number of halogens is 3. The maximum absolute atomic E-state index is 13.8. The SMILES string of the molecule is Fc1ccc(CNC2CCSc3c(F)cccc32)cc1F. The molecule has 2 aromatic carbocycles. The summed E-state index contributed by atoms with van der Waals surface area (Å²) in [5.41, 5.74) is 1.61. The Kier molecular flexibility index (Phi) is 4.22. The number of hydrogen-bond acceptors (Lipinski definition) is 2. The van der Waals surface area contributed by atoms with Crippen molar-refractivity contribution < 1.29 is 13.2 Å². The van der Waals surface area contributed by atoms with Crippen LogP contribution in [0.15, 0.2) is 41.3 Å². The summed E-state index contributed by atoms with van der Waals surface area (Å²) in [5.74, 6) is -1.05. The Hall–Kier alpha value is -1.46. The van der Waals surface area contributed by atoms with Crippen molar-refractivity contribution in [3.8, 4) is 0 Å². The van der Waals surface area contributed by atoms with Crippen molar-refractivity contribution >= 4 is 11.8 Å². The lowest BCUT2D eigenvalue weighted by atomic mass is 10.0. The highest BCUT2D eigenvalue weighted by Crippen LogP contribution is 2.37. The van der Waals surface area contributed by atoms with Crippen LogP contribution in [0.2, 0.25) is 0 Å². The molecule has 1 unspecified atom stereocenters. The van der Waals surface area contributed by atoms with E-state index in [0.29, 0.717) is 17.0 Å². The average molecular weight is 309 g/mol. The molecule has 1 aliphatic rings. The van der Waals surface area contributed by atoms with Crippen LogP contribution in [0.1, 0.15) is 23.6 Å². The molecule has 5 heteroatoms. The smallest absolute Gasteiger partial charge is 0.159 e. The third-order valence-corrected chi connectivity index (χ3v) is 4.72. The molecule has 0 fully saturated rings. The van der Waals surface area contributed by atoms with E-state index in [4.69, 9.17) is 0 Å². The van der Waals surface area contributed by atoms with Gasteiger partial charge in [-0.1, -0.05) is 18.2 Å². The molecule has 1 nitrogen and oxygen atoms in total. The van der Waals surface area contributed by atoms with E-state index >= 15 is 0 Å². The Morgan fingerprint density at radius 1 is 1.05 bits per heavy atom. The average Bonchev–Trinajstić information content (AvgIpc) is 2.49. The van der Waals surface area contributed by atoms with Crippen LogP contribution in [-0.2, 0) is 6.54 Å².